The van der Waals surface area contributed by atoms with E-state index in [0.717, 1.165) is 0 Å². The van der Waals surface area contributed by atoms with Crippen molar-refractivity contribution in [1.82, 2.24) is 10.2 Å². The molecule has 34 heavy (non-hydrogen) atoms. The van der Waals surface area contributed by atoms with Crippen LogP contribution in [0, 0.1) is 0 Å². The molecule has 3 heterocycles. The molecule has 2 aromatic rings. The van der Waals surface area contributed by atoms with Gasteiger partial charge in [-0.25, -0.2) is 4.79 Å². The molecular formula is C23H19F3N4O4. The number of hydrogen-bond donors (Lipinski definition) is 2. The molecule has 2 atom stereocenters. The Morgan fingerprint density at radius 3 is 2.56 bits per heavy atom. The number of para-hydroxylation sites is 1. The number of rotatable bonds is 2. The van der Waals surface area contributed by atoms with Gasteiger partial charge in [-0.05, 0) is 41.8 Å². The predicted molar refractivity (Wildman–Crippen MR) is 114 cm³/mol. The third-order valence-corrected chi connectivity index (χ3v) is 6.35. The van der Waals surface area contributed by atoms with Gasteiger partial charge in [0.1, 0.15) is 12.1 Å². The van der Waals surface area contributed by atoms with Crippen LogP contribution in [0.3, 0.4) is 0 Å². The quantitative estimate of drug-likeness (QED) is 0.657. The third-order valence-electron chi connectivity index (χ3n) is 6.35. The summed E-state index contributed by atoms with van der Waals surface area (Å²) in [4.78, 5) is 51.4. The van der Waals surface area contributed by atoms with Gasteiger partial charge in [-0.2, -0.15) is 13.2 Å². The number of nitrogens with one attached hydrogen (secondary N) is 2. The normalized spacial score (nSPS) is 21.9. The molecule has 0 spiro atoms. The van der Waals surface area contributed by atoms with Gasteiger partial charge in [0.05, 0.1) is 0 Å². The average molecular weight is 472 g/mol. The topological polar surface area (TPSA) is 98.8 Å². The highest BCUT2D eigenvalue weighted by Gasteiger charge is 2.50. The molecule has 0 saturated carbocycles. The number of amides is 5. The second-order valence-corrected chi connectivity index (χ2v) is 8.46. The molecule has 2 N–H and O–H groups in total. The van der Waals surface area contributed by atoms with Gasteiger partial charge >= 0.3 is 12.2 Å². The number of hydrogen-bond acceptors (Lipinski definition) is 4. The number of carbonyl (C=O) groups excluding carboxylic acids is 4. The van der Waals surface area contributed by atoms with Crippen LogP contribution in [0.15, 0.2) is 42.5 Å². The summed E-state index contributed by atoms with van der Waals surface area (Å²) in [7, 11) is 0. The summed E-state index contributed by atoms with van der Waals surface area (Å²) in [6.07, 6.45) is -4.60. The summed E-state index contributed by atoms with van der Waals surface area (Å²) in [6.45, 7) is 0.0852. The lowest BCUT2D eigenvalue weighted by atomic mass is 10.0. The van der Waals surface area contributed by atoms with Crippen molar-refractivity contribution in [3.05, 3.63) is 59.2 Å². The van der Waals surface area contributed by atoms with Crippen molar-refractivity contribution >= 4 is 35.1 Å². The highest BCUT2D eigenvalue weighted by Crippen LogP contribution is 2.40. The van der Waals surface area contributed by atoms with E-state index in [1.165, 1.54) is 29.2 Å². The molecule has 3 aliphatic heterocycles. The number of fused-ring (bicyclic) bond motifs is 2. The molecule has 3 aliphatic rings. The van der Waals surface area contributed by atoms with E-state index in [0.29, 0.717) is 21.6 Å². The fourth-order valence-corrected chi connectivity index (χ4v) is 4.73. The fraction of sp³-hybridized carbons (Fsp3) is 0.304. The van der Waals surface area contributed by atoms with E-state index in [2.05, 4.69) is 10.6 Å². The minimum absolute atomic E-state index is 0.0852. The van der Waals surface area contributed by atoms with Crippen molar-refractivity contribution in [3.8, 4) is 0 Å². The van der Waals surface area contributed by atoms with Crippen LogP contribution < -0.4 is 15.5 Å². The van der Waals surface area contributed by atoms with Crippen molar-refractivity contribution < 1.29 is 32.3 Å². The number of piperidine rings is 1. The molecule has 5 amide bonds. The van der Waals surface area contributed by atoms with Crippen molar-refractivity contribution in [2.24, 2.45) is 0 Å². The maximum atomic E-state index is 13.7. The largest absolute Gasteiger partial charge is 0.409 e. The minimum Gasteiger partial charge on any atom is -0.322 e. The second-order valence-electron chi connectivity index (χ2n) is 8.46. The van der Waals surface area contributed by atoms with Gasteiger partial charge in [0.25, 0.3) is 5.91 Å². The Labute approximate surface area is 191 Å². The average Bonchev–Trinajstić information content (AvgIpc) is 3.32. The molecule has 1 saturated heterocycles. The van der Waals surface area contributed by atoms with Gasteiger partial charge in [-0.3, -0.25) is 24.6 Å². The van der Waals surface area contributed by atoms with Gasteiger partial charge in [-0.1, -0.05) is 18.2 Å². The number of carbonyl (C=O) groups is 4. The summed E-state index contributed by atoms with van der Waals surface area (Å²) in [5.74, 6) is -1.32. The Morgan fingerprint density at radius 1 is 1.06 bits per heavy atom. The molecule has 0 aromatic heterocycles. The Hall–Kier alpha value is -3.89. The second kappa shape index (κ2) is 7.86. The minimum atomic E-state index is -4.61. The number of imide groups is 1. The van der Waals surface area contributed by atoms with Crippen LogP contribution in [-0.2, 0) is 22.6 Å². The van der Waals surface area contributed by atoms with Crippen LogP contribution in [0.25, 0.3) is 0 Å². The maximum absolute atomic E-state index is 13.7. The van der Waals surface area contributed by atoms with Crippen LogP contribution in [-0.4, -0.2) is 46.9 Å². The molecule has 176 valence electrons. The Morgan fingerprint density at radius 2 is 1.82 bits per heavy atom. The van der Waals surface area contributed by atoms with Gasteiger partial charge in [-0.15, -0.1) is 0 Å². The number of nitrogens with zero attached hydrogens (tertiary/aromatic N) is 2. The van der Waals surface area contributed by atoms with Crippen LogP contribution in [0.1, 0.15) is 34.3 Å². The zero-order valence-corrected chi connectivity index (χ0v) is 17.7. The van der Waals surface area contributed by atoms with E-state index in [4.69, 9.17) is 0 Å². The standard InChI is InChI=1S/C23H19F3N4O4/c24-23(25,26)18-10-12-3-1-2-4-16(12)30(18)22(34)27-14-5-6-15-13(9-14)11-29(21(15)33)17-7-8-19(31)28-20(17)32/h1-6,9,17-18H,7-8,10-11H2,(H,27,34)(H,28,31,32). The molecule has 0 aliphatic carbocycles. The van der Waals surface area contributed by atoms with E-state index < -0.39 is 36.1 Å². The van der Waals surface area contributed by atoms with E-state index in [1.54, 1.807) is 18.2 Å². The third kappa shape index (κ3) is 3.66. The Bertz CT molecular complexity index is 1230. The summed E-state index contributed by atoms with van der Waals surface area (Å²) >= 11 is 0. The van der Waals surface area contributed by atoms with Gasteiger partial charge in [0.15, 0.2) is 0 Å². The van der Waals surface area contributed by atoms with E-state index in [9.17, 15) is 32.3 Å². The summed E-state index contributed by atoms with van der Waals surface area (Å²) in [5, 5.41) is 4.73. The molecule has 5 rings (SSSR count). The van der Waals surface area contributed by atoms with Gasteiger partial charge in [0, 0.05) is 36.3 Å². The molecule has 0 radical (unpaired) electrons. The lowest BCUT2D eigenvalue weighted by molar-refractivity contribution is -0.145. The number of urea groups is 1. The Balaban J connectivity index is 1.36. The first-order valence-corrected chi connectivity index (χ1v) is 10.7. The van der Waals surface area contributed by atoms with Crippen LogP contribution in [0.4, 0.5) is 29.3 Å². The Kier molecular flexibility index (Phi) is 5.07. The van der Waals surface area contributed by atoms with E-state index in [-0.39, 0.29) is 43.1 Å². The van der Waals surface area contributed by atoms with Gasteiger partial charge < -0.3 is 10.2 Å². The SMILES string of the molecule is O=C1CCC(N2Cc3cc(NC(=O)N4c5ccccc5CC4C(F)(F)F)ccc3C2=O)C(=O)N1. The highest BCUT2D eigenvalue weighted by molar-refractivity contribution is 6.07. The lowest BCUT2D eigenvalue weighted by Crippen LogP contribution is -2.52. The monoisotopic (exact) mass is 472 g/mol. The number of halogens is 3. The number of alkyl halides is 3. The van der Waals surface area contributed by atoms with E-state index in [1.807, 2.05) is 0 Å². The lowest BCUT2D eigenvalue weighted by Gasteiger charge is -2.29. The van der Waals surface area contributed by atoms with Crippen LogP contribution in [0.5, 0.6) is 0 Å². The molecule has 2 unspecified atom stereocenters. The van der Waals surface area contributed by atoms with Crippen LogP contribution in [0.2, 0.25) is 0 Å². The highest BCUT2D eigenvalue weighted by atomic mass is 19.4. The van der Waals surface area contributed by atoms with Crippen molar-refractivity contribution in [1.29, 1.82) is 0 Å². The first kappa shape index (κ1) is 21.9. The van der Waals surface area contributed by atoms with Crippen molar-refractivity contribution in [2.45, 2.75) is 44.1 Å². The van der Waals surface area contributed by atoms with Crippen LogP contribution >= 0.6 is 0 Å². The zero-order valence-electron chi connectivity index (χ0n) is 17.7. The first-order valence-electron chi connectivity index (χ1n) is 10.7. The van der Waals surface area contributed by atoms with E-state index >= 15 is 0 Å². The van der Waals surface area contributed by atoms with Gasteiger partial charge in [0.2, 0.25) is 11.8 Å². The predicted octanol–water partition coefficient (Wildman–Crippen LogP) is 2.97. The summed E-state index contributed by atoms with van der Waals surface area (Å²) in [6, 6.07) is 6.95. The molecule has 11 heteroatoms. The summed E-state index contributed by atoms with van der Waals surface area (Å²) in [5.41, 5.74) is 1.72. The molecular weight excluding hydrogens is 453 g/mol. The molecule has 8 nitrogen and oxygen atoms in total. The summed E-state index contributed by atoms with van der Waals surface area (Å²) < 4.78 is 41.0. The maximum Gasteiger partial charge on any atom is 0.409 e. The first-order chi connectivity index (χ1) is 16.1. The molecule has 2 aromatic carbocycles. The van der Waals surface area contributed by atoms with Crippen molar-refractivity contribution in [3.63, 3.8) is 0 Å². The molecule has 1 fully saturated rings. The number of benzene rings is 2. The molecule has 0 bridgehead atoms. The number of anilines is 2. The van der Waals surface area contributed by atoms with Crippen molar-refractivity contribution in [2.75, 3.05) is 10.2 Å². The zero-order chi connectivity index (χ0) is 24.2. The smallest absolute Gasteiger partial charge is 0.322 e. The fourth-order valence-electron chi connectivity index (χ4n) is 4.73.